The van der Waals surface area contributed by atoms with E-state index in [2.05, 4.69) is 64.2 Å². The number of hydrogen-bond donors (Lipinski definition) is 0. The first-order valence-corrected chi connectivity index (χ1v) is 11.8. The Balaban J connectivity index is 2.45. The van der Waals surface area contributed by atoms with Crippen molar-refractivity contribution in [3.63, 3.8) is 0 Å². The lowest BCUT2D eigenvalue weighted by molar-refractivity contribution is -0.134. The fraction of sp³-hybridized carbons (Fsp3) is 0.476. The minimum atomic E-state index is -1.98. The van der Waals surface area contributed by atoms with Gasteiger partial charge in [-0.05, 0) is 53.7 Å². The summed E-state index contributed by atoms with van der Waals surface area (Å²) in [5, 5.41) is 0.116. The maximum atomic E-state index is 11.6. The minimum absolute atomic E-state index is 0.116. The van der Waals surface area contributed by atoms with Gasteiger partial charge in [0.25, 0.3) is 0 Å². The second kappa shape index (κ2) is 7.71. The van der Waals surface area contributed by atoms with Crippen molar-refractivity contribution in [3.05, 3.63) is 59.2 Å². The van der Waals surface area contributed by atoms with E-state index in [0.29, 0.717) is 0 Å². The van der Waals surface area contributed by atoms with Crippen LogP contribution in [-0.4, -0.2) is 21.4 Å². The Bertz CT molecular complexity index is 681. The molecule has 0 amide bonds. The molecule has 0 aromatic heterocycles. The first-order chi connectivity index (χ1) is 11.7. The zero-order valence-electron chi connectivity index (χ0n) is 16.3. The summed E-state index contributed by atoms with van der Waals surface area (Å²) in [5.41, 5.74) is 3.58. The molecule has 0 fully saturated rings. The van der Waals surface area contributed by atoms with Gasteiger partial charge in [0, 0.05) is 6.08 Å². The molecule has 1 unspecified atom stereocenters. The van der Waals surface area contributed by atoms with E-state index in [9.17, 15) is 4.79 Å². The van der Waals surface area contributed by atoms with Gasteiger partial charge in [0.2, 0.25) is 0 Å². The number of methoxy groups -OCH3 is 1. The highest BCUT2D eigenvalue weighted by Gasteiger charge is 2.40. The Hall–Kier alpha value is -1.65. The Morgan fingerprint density at radius 2 is 1.92 bits per heavy atom. The highest BCUT2D eigenvalue weighted by molar-refractivity contribution is 6.74. The van der Waals surface area contributed by atoms with Crippen LogP contribution in [0.2, 0.25) is 18.1 Å². The van der Waals surface area contributed by atoms with E-state index in [4.69, 9.17) is 9.16 Å². The lowest BCUT2D eigenvalue weighted by Gasteiger charge is -2.40. The highest BCUT2D eigenvalue weighted by Crippen LogP contribution is 2.43. The standard InChI is InChI=1S/C21H30O3Si/c1-21(2,3)25(5,6)24-20-17(14-15-19(22)23-4)12-9-11-16-10-7-8-13-18(16)20/h7-8,10,12-15,20H,9,11H2,1-6H3/b15-14+. The molecule has 1 atom stereocenters. The predicted molar refractivity (Wildman–Crippen MR) is 105 cm³/mol. The maximum Gasteiger partial charge on any atom is 0.330 e. The molecule has 0 saturated heterocycles. The molecule has 2 rings (SSSR count). The lowest BCUT2D eigenvalue weighted by atomic mass is 9.98. The number of esters is 1. The molecule has 136 valence electrons. The first-order valence-electron chi connectivity index (χ1n) is 8.87. The van der Waals surface area contributed by atoms with Gasteiger partial charge in [-0.2, -0.15) is 0 Å². The summed E-state index contributed by atoms with van der Waals surface area (Å²) < 4.78 is 11.5. The third kappa shape index (κ3) is 4.70. The van der Waals surface area contributed by atoms with Gasteiger partial charge >= 0.3 is 5.97 Å². The summed E-state index contributed by atoms with van der Waals surface area (Å²) in [4.78, 5) is 11.6. The Labute approximate surface area is 152 Å². The number of allylic oxidation sites excluding steroid dienone is 1. The largest absolute Gasteiger partial charge is 0.466 e. The Morgan fingerprint density at radius 3 is 2.56 bits per heavy atom. The molecule has 3 nitrogen and oxygen atoms in total. The SMILES string of the molecule is COC(=O)/C=C/C1=CCCc2ccccc2C1O[Si](C)(C)C(C)(C)C. The van der Waals surface area contributed by atoms with Gasteiger partial charge in [-0.25, -0.2) is 4.79 Å². The second-order valence-electron chi connectivity index (χ2n) is 8.06. The number of fused-ring (bicyclic) bond motifs is 1. The third-order valence-electron chi connectivity index (χ3n) is 5.27. The zero-order chi connectivity index (χ0) is 18.7. The van der Waals surface area contributed by atoms with Gasteiger partial charge < -0.3 is 9.16 Å². The summed E-state index contributed by atoms with van der Waals surface area (Å²) in [7, 11) is -0.584. The number of aryl methyl sites for hydroxylation is 1. The van der Waals surface area contributed by atoms with E-state index in [1.54, 1.807) is 0 Å². The molecule has 0 saturated carbocycles. The van der Waals surface area contributed by atoms with Crippen LogP contribution >= 0.6 is 0 Å². The highest BCUT2D eigenvalue weighted by atomic mass is 28.4. The van der Waals surface area contributed by atoms with Gasteiger partial charge in [-0.15, -0.1) is 0 Å². The summed E-state index contributed by atoms with van der Waals surface area (Å²) >= 11 is 0. The number of benzene rings is 1. The average molecular weight is 359 g/mol. The van der Waals surface area contributed by atoms with Crippen LogP contribution < -0.4 is 0 Å². The summed E-state index contributed by atoms with van der Waals surface area (Å²) in [5.74, 6) is -0.343. The third-order valence-corrected chi connectivity index (χ3v) is 9.70. The zero-order valence-corrected chi connectivity index (χ0v) is 17.3. The maximum absolute atomic E-state index is 11.6. The quantitative estimate of drug-likeness (QED) is 0.413. The molecular weight excluding hydrogens is 328 g/mol. The van der Waals surface area contributed by atoms with Crippen molar-refractivity contribution < 1.29 is 14.0 Å². The van der Waals surface area contributed by atoms with E-state index >= 15 is 0 Å². The number of rotatable bonds is 4. The van der Waals surface area contributed by atoms with Crippen molar-refractivity contribution in [3.8, 4) is 0 Å². The van der Waals surface area contributed by atoms with Crippen molar-refractivity contribution in [2.75, 3.05) is 7.11 Å². The molecule has 1 aromatic carbocycles. The van der Waals surface area contributed by atoms with Crippen LogP contribution in [0.5, 0.6) is 0 Å². The summed E-state index contributed by atoms with van der Waals surface area (Å²) in [6, 6.07) is 8.47. The normalized spacial score (nSPS) is 18.5. The average Bonchev–Trinajstić information content (AvgIpc) is 2.71. The van der Waals surface area contributed by atoms with Gasteiger partial charge in [0.1, 0.15) is 0 Å². The van der Waals surface area contributed by atoms with Crippen LogP contribution in [0.15, 0.2) is 48.1 Å². The monoisotopic (exact) mass is 358 g/mol. The van der Waals surface area contributed by atoms with Gasteiger partial charge in [0.15, 0.2) is 8.32 Å². The van der Waals surface area contributed by atoms with Crippen molar-refractivity contribution in [1.82, 2.24) is 0 Å². The van der Waals surface area contributed by atoms with Crippen LogP contribution in [0.1, 0.15) is 44.4 Å². The van der Waals surface area contributed by atoms with Crippen molar-refractivity contribution in [2.45, 2.75) is 57.8 Å². The van der Waals surface area contributed by atoms with E-state index in [-0.39, 0.29) is 17.1 Å². The van der Waals surface area contributed by atoms with E-state index in [1.165, 1.54) is 24.3 Å². The summed E-state index contributed by atoms with van der Waals surface area (Å²) in [6.45, 7) is 11.3. The van der Waals surface area contributed by atoms with Crippen molar-refractivity contribution in [2.24, 2.45) is 0 Å². The molecule has 0 spiro atoms. The van der Waals surface area contributed by atoms with Crippen molar-refractivity contribution >= 4 is 14.3 Å². The fourth-order valence-electron chi connectivity index (χ4n) is 2.69. The topological polar surface area (TPSA) is 35.5 Å². The Kier molecular flexibility index (Phi) is 6.06. The number of carbonyl (C=O) groups is 1. The molecule has 4 heteroatoms. The predicted octanol–water partition coefficient (Wildman–Crippen LogP) is 5.35. The van der Waals surface area contributed by atoms with Gasteiger partial charge in [-0.1, -0.05) is 51.1 Å². The molecule has 1 aromatic rings. The molecule has 0 aliphatic heterocycles. The molecule has 1 aliphatic carbocycles. The second-order valence-corrected chi connectivity index (χ2v) is 12.8. The molecule has 0 heterocycles. The first kappa shape index (κ1) is 19.7. The van der Waals surface area contributed by atoms with Crippen LogP contribution in [0.3, 0.4) is 0 Å². The molecule has 1 aliphatic rings. The van der Waals surface area contributed by atoms with Crippen LogP contribution in [0, 0.1) is 0 Å². The molecule has 0 radical (unpaired) electrons. The lowest BCUT2D eigenvalue weighted by Crippen LogP contribution is -2.42. The molecular formula is C21H30O3Si. The van der Waals surface area contributed by atoms with E-state index in [1.807, 2.05) is 6.08 Å². The van der Waals surface area contributed by atoms with E-state index in [0.717, 1.165) is 18.4 Å². The van der Waals surface area contributed by atoms with Crippen molar-refractivity contribution in [1.29, 1.82) is 0 Å². The van der Waals surface area contributed by atoms with Gasteiger partial charge in [-0.3, -0.25) is 0 Å². The van der Waals surface area contributed by atoms with Gasteiger partial charge in [0.05, 0.1) is 13.2 Å². The number of carbonyl (C=O) groups excluding carboxylic acids is 1. The molecule has 25 heavy (non-hydrogen) atoms. The smallest absolute Gasteiger partial charge is 0.330 e. The Morgan fingerprint density at radius 1 is 1.24 bits per heavy atom. The molecule has 0 bridgehead atoms. The minimum Gasteiger partial charge on any atom is -0.466 e. The van der Waals surface area contributed by atoms with E-state index < -0.39 is 8.32 Å². The fourth-order valence-corrected chi connectivity index (χ4v) is 3.90. The molecule has 0 N–H and O–H groups in total. The number of hydrogen-bond acceptors (Lipinski definition) is 3. The van der Waals surface area contributed by atoms with Crippen LogP contribution in [-0.2, 0) is 20.4 Å². The van der Waals surface area contributed by atoms with Crippen LogP contribution in [0.4, 0.5) is 0 Å². The summed E-state index contributed by atoms with van der Waals surface area (Å²) in [6.07, 6.45) is 7.32. The van der Waals surface area contributed by atoms with Crippen LogP contribution in [0.25, 0.3) is 0 Å². The number of ether oxygens (including phenoxy) is 1.